The number of carbonyl (C=O) groups excluding carboxylic acids is 1. The van der Waals surface area contributed by atoms with E-state index in [9.17, 15) is 4.79 Å². The van der Waals surface area contributed by atoms with Crippen LogP contribution in [0.15, 0.2) is 78.9 Å². The number of amides is 1. The topological polar surface area (TPSA) is 66.9 Å². The number of nitrogens with zero attached hydrogens (tertiary/aromatic N) is 2. The van der Waals surface area contributed by atoms with Crippen molar-refractivity contribution in [2.45, 2.75) is 52.0 Å². The van der Waals surface area contributed by atoms with Gasteiger partial charge in [0.25, 0.3) is 5.91 Å². The van der Waals surface area contributed by atoms with E-state index < -0.39 is 0 Å². The predicted molar refractivity (Wildman–Crippen MR) is 146 cm³/mol. The Bertz CT molecular complexity index is 1370. The van der Waals surface area contributed by atoms with E-state index in [2.05, 4.69) is 45.7 Å². The van der Waals surface area contributed by atoms with Gasteiger partial charge in [0.05, 0.1) is 11.7 Å². The summed E-state index contributed by atoms with van der Waals surface area (Å²) in [5, 5.41) is 6.60. The van der Waals surface area contributed by atoms with Crippen molar-refractivity contribution >= 4 is 17.4 Å². The second-order valence-corrected chi connectivity index (χ2v) is 9.43. The molecule has 5 nitrogen and oxygen atoms in total. The molecule has 1 atom stereocenters. The third-order valence-electron chi connectivity index (χ3n) is 6.79. The number of nitrogens with one attached hydrogen (secondary N) is 2. The molecular formula is C31H32N4O. The molecule has 0 saturated heterocycles. The Labute approximate surface area is 213 Å². The summed E-state index contributed by atoms with van der Waals surface area (Å²) >= 11 is 0. The van der Waals surface area contributed by atoms with Crippen LogP contribution < -0.4 is 10.6 Å². The number of fused-ring (bicyclic) bond motifs is 1. The highest BCUT2D eigenvalue weighted by atomic mass is 16.1. The van der Waals surface area contributed by atoms with E-state index in [4.69, 9.17) is 0 Å². The fourth-order valence-corrected chi connectivity index (χ4v) is 4.91. The Balaban J connectivity index is 1.32. The minimum Gasteiger partial charge on any atom is -0.345 e. The summed E-state index contributed by atoms with van der Waals surface area (Å²) in [6.45, 7) is 4.00. The molecule has 0 spiro atoms. The van der Waals surface area contributed by atoms with Gasteiger partial charge in [-0.1, -0.05) is 61.5 Å². The van der Waals surface area contributed by atoms with Crippen molar-refractivity contribution in [1.82, 2.24) is 15.3 Å². The minimum atomic E-state index is -0.0768. The van der Waals surface area contributed by atoms with Crippen LogP contribution in [0.2, 0.25) is 0 Å². The Hall–Kier alpha value is -3.99. The summed E-state index contributed by atoms with van der Waals surface area (Å²) < 4.78 is 0. The summed E-state index contributed by atoms with van der Waals surface area (Å²) in [5.41, 5.74) is 7.40. The Kier molecular flexibility index (Phi) is 7.08. The van der Waals surface area contributed by atoms with Crippen LogP contribution in [0.5, 0.6) is 0 Å². The monoisotopic (exact) mass is 476 g/mol. The van der Waals surface area contributed by atoms with Crippen LogP contribution in [0.1, 0.15) is 65.1 Å². The zero-order chi connectivity index (χ0) is 24.9. The lowest BCUT2D eigenvalue weighted by Gasteiger charge is -2.22. The molecule has 1 aliphatic rings. The molecule has 1 aliphatic carbocycles. The first-order chi connectivity index (χ1) is 17.6. The Morgan fingerprint density at radius 1 is 0.889 bits per heavy atom. The number of anilines is 2. The maximum absolute atomic E-state index is 13.2. The minimum absolute atomic E-state index is 0.0145. The van der Waals surface area contributed by atoms with Gasteiger partial charge in [0, 0.05) is 22.9 Å². The smallest absolute Gasteiger partial charge is 0.251 e. The molecule has 1 amide bonds. The normalized spacial score (nSPS) is 13.5. The van der Waals surface area contributed by atoms with Crippen molar-refractivity contribution in [1.29, 1.82) is 0 Å². The number of aryl methyl sites for hydroxylation is 3. The maximum Gasteiger partial charge on any atom is 0.251 e. The molecule has 2 N–H and O–H groups in total. The third kappa shape index (κ3) is 5.46. The molecule has 182 valence electrons. The lowest BCUT2D eigenvalue weighted by molar-refractivity contribution is 0.0935. The molecule has 0 bridgehead atoms. The predicted octanol–water partition coefficient (Wildman–Crippen LogP) is 6.96. The van der Waals surface area contributed by atoms with E-state index in [0.717, 1.165) is 36.2 Å². The second-order valence-electron chi connectivity index (χ2n) is 9.43. The second kappa shape index (κ2) is 10.7. The number of rotatable bonds is 7. The first kappa shape index (κ1) is 23.7. The van der Waals surface area contributed by atoms with Crippen LogP contribution in [-0.4, -0.2) is 15.9 Å². The molecule has 5 rings (SSSR count). The molecule has 4 aromatic rings. The van der Waals surface area contributed by atoms with Gasteiger partial charge in [0.15, 0.2) is 0 Å². The molecule has 0 saturated carbocycles. The van der Waals surface area contributed by atoms with Crippen LogP contribution >= 0.6 is 0 Å². The summed E-state index contributed by atoms with van der Waals surface area (Å²) in [4.78, 5) is 22.3. The molecule has 3 aromatic carbocycles. The van der Waals surface area contributed by atoms with Gasteiger partial charge < -0.3 is 10.6 Å². The molecule has 0 fully saturated rings. The van der Waals surface area contributed by atoms with E-state index in [0.29, 0.717) is 17.2 Å². The highest BCUT2D eigenvalue weighted by Crippen LogP contribution is 2.27. The fourth-order valence-electron chi connectivity index (χ4n) is 4.91. The molecule has 5 heteroatoms. The largest absolute Gasteiger partial charge is 0.345 e. The number of carbonyl (C=O) groups is 1. The van der Waals surface area contributed by atoms with Gasteiger partial charge in [-0.2, -0.15) is 0 Å². The lowest BCUT2D eigenvalue weighted by Crippen LogP contribution is -2.28. The zero-order valence-corrected chi connectivity index (χ0v) is 20.9. The van der Waals surface area contributed by atoms with Gasteiger partial charge in [-0.15, -0.1) is 0 Å². The van der Waals surface area contributed by atoms with Gasteiger partial charge in [-0.3, -0.25) is 4.79 Å². The van der Waals surface area contributed by atoms with E-state index in [1.165, 1.54) is 29.5 Å². The van der Waals surface area contributed by atoms with Crippen LogP contribution in [0.4, 0.5) is 11.5 Å². The highest BCUT2D eigenvalue weighted by molar-refractivity contribution is 5.95. The first-order valence-electron chi connectivity index (χ1n) is 12.8. The standard InChI is InChI=1S/C31H32N4O/c1-3-28(25-17-16-22-10-7-8-13-24(22)18-25)35-31(36)26-14-9-15-27(19-26)34-30-20-29(32-21(2)33-30)23-11-5-4-6-12-23/h4-6,9,11-12,14-20,28H,3,7-8,10,13H2,1-2H3,(H,35,36)(H,32,33,34). The van der Waals surface area contributed by atoms with Crippen LogP contribution in [0.25, 0.3) is 11.3 Å². The van der Waals surface area contributed by atoms with Gasteiger partial charge >= 0.3 is 0 Å². The summed E-state index contributed by atoms with van der Waals surface area (Å²) in [5.74, 6) is 1.30. The Morgan fingerprint density at radius 2 is 1.69 bits per heavy atom. The quantitative estimate of drug-likeness (QED) is 0.303. The zero-order valence-electron chi connectivity index (χ0n) is 20.9. The van der Waals surface area contributed by atoms with Gasteiger partial charge in [-0.05, 0) is 73.9 Å². The van der Waals surface area contributed by atoms with Crippen molar-refractivity contribution in [3.8, 4) is 11.3 Å². The van der Waals surface area contributed by atoms with Gasteiger partial charge in [-0.25, -0.2) is 9.97 Å². The van der Waals surface area contributed by atoms with E-state index >= 15 is 0 Å². The number of aromatic nitrogens is 2. The summed E-state index contributed by atoms with van der Waals surface area (Å²) in [7, 11) is 0. The average Bonchev–Trinajstić information content (AvgIpc) is 2.91. The van der Waals surface area contributed by atoms with E-state index in [1.807, 2.05) is 67.6 Å². The van der Waals surface area contributed by atoms with Crippen LogP contribution in [0.3, 0.4) is 0 Å². The molecule has 0 radical (unpaired) electrons. The average molecular weight is 477 g/mol. The van der Waals surface area contributed by atoms with E-state index in [1.54, 1.807) is 0 Å². The molecule has 0 aliphatic heterocycles. The van der Waals surface area contributed by atoms with Gasteiger partial charge in [0.1, 0.15) is 11.6 Å². The lowest BCUT2D eigenvalue weighted by atomic mass is 9.88. The first-order valence-corrected chi connectivity index (χ1v) is 12.8. The van der Waals surface area contributed by atoms with Crippen molar-refractivity contribution in [3.05, 3.63) is 107 Å². The third-order valence-corrected chi connectivity index (χ3v) is 6.79. The van der Waals surface area contributed by atoms with Crippen molar-refractivity contribution in [2.24, 2.45) is 0 Å². The summed E-state index contributed by atoms with van der Waals surface area (Å²) in [6, 6.07) is 26.2. The SMILES string of the molecule is CCC(NC(=O)c1cccc(Nc2cc(-c3ccccc3)nc(C)n2)c1)c1ccc2c(c1)CCCC2. The fraction of sp³-hybridized carbons (Fsp3) is 0.258. The van der Waals surface area contributed by atoms with Crippen LogP contribution in [-0.2, 0) is 12.8 Å². The van der Waals surface area contributed by atoms with Crippen molar-refractivity contribution in [3.63, 3.8) is 0 Å². The van der Waals surface area contributed by atoms with E-state index in [-0.39, 0.29) is 11.9 Å². The Morgan fingerprint density at radius 3 is 2.50 bits per heavy atom. The molecule has 1 heterocycles. The van der Waals surface area contributed by atoms with Crippen LogP contribution in [0, 0.1) is 6.92 Å². The maximum atomic E-state index is 13.2. The molecular weight excluding hydrogens is 444 g/mol. The van der Waals surface area contributed by atoms with Crippen molar-refractivity contribution < 1.29 is 4.79 Å². The summed E-state index contributed by atoms with van der Waals surface area (Å²) in [6.07, 6.45) is 5.66. The number of hydrogen-bond acceptors (Lipinski definition) is 4. The highest BCUT2D eigenvalue weighted by Gasteiger charge is 2.17. The molecule has 36 heavy (non-hydrogen) atoms. The van der Waals surface area contributed by atoms with Crippen molar-refractivity contribution in [2.75, 3.05) is 5.32 Å². The number of hydrogen-bond donors (Lipinski definition) is 2. The number of benzene rings is 3. The molecule has 1 unspecified atom stereocenters. The molecule has 1 aromatic heterocycles. The van der Waals surface area contributed by atoms with Gasteiger partial charge in [0.2, 0.25) is 0 Å².